The molecule has 0 aliphatic carbocycles. The van der Waals surface area contributed by atoms with Crippen LogP contribution in [0.3, 0.4) is 0 Å². The van der Waals surface area contributed by atoms with Crippen LogP contribution in [0.4, 0.5) is 5.69 Å². The number of aliphatic imine (C=N–C) groups is 1. The van der Waals surface area contributed by atoms with Gasteiger partial charge in [0.15, 0.2) is 12.1 Å². The number of carbonyl (C=O) groups excluding carboxylic acids is 1. The molecule has 96 valence electrons. The Hall–Kier alpha value is -2.38. The normalized spacial score (nSPS) is 17.3. The summed E-state index contributed by atoms with van der Waals surface area (Å²) in [4.78, 5) is 23.3. The van der Waals surface area contributed by atoms with Gasteiger partial charge >= 0.3 is 0 Å². The van der Waals surface area contributed by atoms with Crippen LogP contribution >= 0.6 is 0 Å². The van der Waals surface area contributed by atoms with Crippen LogP contribution < -0.4 is 21.5 Å². The second-order valence-corrected chi connectivity index (χ2v) is 3.79. The molecule has 1 unspecified atom stereocenters. The Kier molecular flexibility index (Phi) is 3.56. The summed E-state index contributed by atoms with van der Waals surface area (Å²) in [6.45, 7) is 0.464. The van der Waals surface area contributed by atoms with E-state index in [0.717, 1.165) is 0 Å². The van der Waals surface area contributed by atoms with Crippen molar-refractivity contribution >= 4 is 17.6 Å². The molecule has 1 amide bonds. The smallest absolute Gasteiger partial charge is 0.265 e. The first-order valence-corrected chi connectivity index (χ1v) is 5.49. The molecular weight excluding hydrogens is 236 g/mol. The monoisotopic (exact) mass is 250 g/mol. The van der Waals surface area contributed by atoms with Crippen molar-refractivity contribution in [1.82, 2.24) is 9.97 Å². The molecule has 18 heavy (non-hydrogen) atoms. The van der Waals surface area contributed by atoms with E-state index in [-0.39, 0.29) is 11.9 Å². The molecule has 8 heteroatoms. The molecule has 0 saturated heterocycles. The number of nitrogens with zero attached hydrogens (tertiary/aromatic N) is 3. The fraction of sp³-hybridized carbons (Fsp3) is 0.400. The number of amides is 1. The summed E-state index contributed by atoms with van der Waals surface area (Å²) in [7, 11) is 0. The third-order valence-corrected chi connectivity index (χ3v) is 2.40. The van der Waals surface area contributed by atoms with Crippen LogP contribution in [-0.2, 0) is 4.79 Å². The summed E-state index contributed by atoms with van der Waals surface area (Å²) in [5.41, 5.74) is 10.9. The highest BCUT2D eigenvalue weighted by atomic mass is 16.5. The molecule has 2 rings (SSSR count). The van der Waals surface area contributed by atoms with Crippen molar-refractivity contribution in [3.05, 3.63) is 12.5 Å². The first kappa shape index (κ1) is 12.1. The largest absolute Gasteiger partial charge is 0.463 e. The minimum Gasteiger partial charge on any atom is -0.463 e. The first-order valence-electron chi connectivity index (χ1n) is 5.49. The number of fused-ring (bicyclic) bond motifs is 1. The lowest BCUT2D eigenvalue weighted by Crippen LogP contribution is -2.37. The van der Waals surface area contributed by atoms with Crippen molar-refractivity contribution < 1.29 is 9.53 Å². The number of rotatable bonds is 4. The molecule has 1 aromatic heterocycles. The number of aromatic nitrogens is 2. The average Bonchev–Trinajstić information content (AvgIpc) is 2.34. The zero-order chi connectivity index (χ0) is 13.0. The van der Waals surface area contributed by atoms with Crippen molar-refractivity contribution in [2.45, 2.75) is 18.9 Å². The van der Waals surface area contributed by atoms with E-state index < -0.39 is 6.10 Å². The molecule has 1 aromatic rings. The molecule has 0 bridgehead atoms. The van der Waals surface area contributed by atoms with E-state index in [4.69, 9.17) is 16.2 Å². The molecule has 1 aliphatic heterocycles. The number of nitrogens with two attached hydrogens (primary N) is 2. The van der Waals surface area contributed by atoms with Crippen LogP contribution in [0.25, 0.3) is 0 Å². The standard InChI is InChI=1S/C10H14N6O2/c11-10(12)14-3-1-2-7-8(17)16-6-4-13-5-15-9(6)18-7/h4-5,7H,1-3H2,(H,16,17)(H4,11,12,14). The van der Waals surface area contributed by atoms with Gasteiger partial charge in [-0.1, -0.05) is 0 Å². The molecule has 0 saturated carbocycles. The average molecular weight is 250 g/mol. The third-order valence-electron chi connectivity index (χ3n) is 2.40. The van der Waals surface area contributed by atoms with Gasteiger partial charge in [0.25, 0.3) is 5.91 Å². The molecule has 0 radical (unpaired) electrons. The molecule has 0 aromatic carbocycles. The highest BCUT2D eigenvalue weighted by Gasteiger charge is 2.27. The second kappa shape index (κ2) is 5.30. The molecular formula is C10H14N6O2. The number of nitrogens with one attached hydrogen (secondary N) is 1. The van der Waals surface area contributed by atoms with E-state index in [0.29, 0.717) is 31.0 Å². The topological polar surface area (TPSA) is 129 Å². The van der Waals surface area contributed by atoms with E-state index in [1.807, 2.05) is 0 Å². The van der Waals surface area contributed by atoms with Crippen molar-refractivity contribution in [2.24, 2.45) is 16.5 Å². The summed E-state index contributed by atoms with van der Waals surface area (Å²) in [5.74, 6) is 0.223. The minimum absolute atomic E-state index is 0.0436. The van der Waals surface area contributed by atoms with E-state index in [9.17, 15) is 4.79 Å². The Morgan fingerprint density at radius 3 is 3.17 bits per heavy atom. The Balaban J connectivity index is 1.92. The third kappa shape index (κ3) is 2.84. The predicted octanol–water partition coefficient (Wildman–Crippen LogP) is -0.770. The van der Waals surface area contributed by atoms with Gasteiger partial charge < -0.3 is 21.5 Å². The number of hydrogen-bond acceptors (Lipinski definition) is 5. The maximum Gasteiger partial charge on any atom is 0.265 e. The summed E-state index contributed by atoms with van der Waals surface area (Å²) >= 11 is 0. The van der Waals surface area contributed by atoms with Crippen molar-refractivity contribution in [2.75, 3.05) is 11.9 Å². The zero-order valence-corrected chi connectivity index (χ0v) is 9.67. The SMILES string of the molecule is NC(N)=NCCCC1Oc2ncncc2NC1=O. The van der Waals surface area contributed by atoms with Gasteiger partial charge in [-0.2, -0.15) is 4.98 Å². The van der Waals surface area contributed by atoms with Gasteiger partial charge in [-0.05, 0) is 12.8 Å². The molecule has 0 fully saturated rings. The van der Waals surface area contributed by atoms with Crippen molar-refractivity contribution in [1.29, 1.82) is 0 Å². The molecule has 0 spiro atoms. The molecule has 5 N–H and O–H groups in total. The Labute approximate surface area is 103 Å². The Bertz CT molecular complexity index is 471. The summed E-state index contributed by atoms with van der Waals surface area (Å²) < 4.78 is 5.48. The van der Waals surface area contributed by atoms with Crippen molar-refractivity contribution in [3.63, 3.8) is 0 Å². The number of carbonyl (C=O) groups is 1. The highest BCUT2D eigenvalue weighted by molar-refractivity contribution is 5.97. The Morgan fingerprint density at radius 2 is 2.39 bits per heavy atom. The molecule has 1 aliphatic rings. The number of anilines is 1. The lowest BCUT2D eigenvalue weighted by molar-refractivity contribution is -0.124. The summed E-state index contributed by atoms with van der Waals surface area (Å²) in [6, 6.07) is 0. The summed E-state index contributed by atoms with van der Waals surface area (Å²) in [5, 5.41) is 2.69. The summed E-state index contributed by atoms with van der Waals surface area (Å²) in [6.07, 6.45) is 3.46. The van der Waals surface area contributed by atoms with Gasteiger partial charge in [-0.25, -0.2) is 4.98 Å². The maximum absolute atomic E-state index is 11.7. The number of ether oxygens (including phenoxy) is 1. The molecule has 1 atom stereocenters. The first-order chi connectivity index (χ1) is 8.66. The predicted molar refractivity (Wildman–Crippen MR) is 65.0 cm³/mol. The van der Waals surface area contributed by atoms with Gasteiger partial charge in [0.05, 0.1) is 6.20 Å². The fourth-order valence-electron chi connectivity index (χ4n) is 1.57. The van der Waals surface area contributed by atoms with Gasteiger partial charge in [0.2, 0.25) is 5.88 Å². The van der Waals surface area contributed by atoms with Gasteiger partial charge in [0.1, 0.15) is 12.0 Å². The molecule has 8 nitrogen and oxygen atoms in total. The highest BCUT2D eigenvalue weighted by Crippen LogP contribution is 2.26. The van der Waals surface area contributed by atoms with Gasteiger partial charge in [0, 0.05) is 6.54 Å². The van der Waals surface area contributed by atoms with Crippen LogP contribution in [0, 0.1) is 0 Å². The second-order valence-electron chi connectivity index (χ2n) is 3.79. The maximum atomic E-state index is 11.7. The zero-order valence-electron chi connectivity index (χ0n) is 9.67. The van der Waals surface area contributed by atoms with Crippen LogP contribution in [0.15, 0.2) is 17.5 Å². The fourth-order valence-corrected chi connectivity index (χ4v) is 1.57. The van der Waals surface area contributed by atoms with Crippen LogP contribution in [-0.4, -0.2) is 34.5 Å². The van der Waals surface area contributed by atoms with E-state index in [1.165, 1.54) is 12.5 Å². The molecule has 2 heterocycles. The van der Waals surface area contributed by atoms with E-state index in [1.54, 1.807) is 0 Å². The number of guanidine groups is 1. The van der Waals surface area contributed by atoms with E-state index in [2.05, 4.69) is 20.3 Å². The van der Waals surface area contributed by atoms with Crippen molar-refractivity contribution in [3.8, 4) is 5.88 Å². The quantitative estimate of drug-likeness (QED) is 0.365. The number of hydrogen-bond donors (Lipinski definition) is 3. The van der Waals surface area contributed by atoms with Crippen LogP contribution in [0.1, 0.15) is 12.8 Å². The van der Waals surface area contributed by atoms with Gasteiger partial charge in [-0.15, -0.1) is 0 Å². The lowest BCUT2D eigenvalue weighted by Gasteiger charge is -2.23. The van der Waals surface area contributed by atoms with Gasteiger partial charge in [-0.3, -0.25) is 9.79 Å². The van der Waals surface area contributed by atoms with Crippen LogP contribution in [0.5, 0.6) is 5.88 Å². The minimum atomic E-state index is -0.568. The van der Waals surface area contributed by atoms with Crippen LogP contribution in [0.2, 0.25) is 0 Å². The lowest BCUT2D eigenvalue weighted by atomic mass is 10.1. The van der Waals surface area contributed by atoms with E-state index >= 15 is 0 Å². The Morgan fingerprint density at radius 1 is 1.56 bits per heavy atom.